The van der Waals surface area contributed by atoms with Crippen molar-refractivity contribution < 1.29 is 0 Å². The van der Waals surface area contributed by atoms with Gasteiger partial charge in [-0.25, -0.2) is 0 Å². The topological polar surface area (TPSA) is 23.8 Å². The largest absolute Gasteiger partial charge is 0.192 e. The van der Waals surface area contributed by atoms with Gasteiger partial charge in [0, 0.05) is 10.6 Å². The molecule has 0 bridgehead atoms. The zero-order valence-electron chi connectivity index (χ0n) is 9.68. The van der Waals surface area contributed by atoms with Gasteiger partial charge in [-0.05, 0) is 30.2 Å². The molecule has 0 aromatic heterocycles. The summed E-state index contributed by atoms with van der Waals surface area (Å²) >= 11 is 1.72. The smallest absolute Gasteiger partial charge is 0.100 e. The summed E-state index contributed by atoms with van der Waals surface area (Å²) in [4.78, 5) is 1.05. The molecule has 0 saturated carbocycles. The van der Waals surface area contributed by atoms with Crippen LogP contribution in [0.5, 0.6) is 0 Å². The van der Waals surface area contributed by atoms with Gasteiger partial charge in [0.05, 0.1) is 5.56 Å². The van der Waals surface area contributed by atoms with E-state index in [9.17, 15) is 0 Å². The number of hydrogen-bond donors (Lipinski definition) is 0. The lowest BCUT2D eigenvalue weighted by molar-refractivity contribution is 1.29. The number of nitrogens with zero attached hydrogens (tertiary/aromatic N) is 1. The lowest BCUT2D eigenvalue weighted by Crippen LogP contribution is -1.86. The summed E-state index contributed by atoms with van der Waals surface area (Å²) in [5, 5.41) is 9.01. The summed E-state index contributed by atoms with van der Waals surface area (Å²) in [6.07, 6.45) is 0. The molecule has 1 nitrogen and oxygen atoms in total. The molecule has 0 unspecified atom stereocenters. The molecule has 2 heteroatoms. The molecule has 84 valence electrons. The maximum Gasteiger partial charge on any atom is 0.100 e. The minimum atomic E-state index is 0.756. The molecule has 0 N–H and O–H groups in total. The highest BCUT2D eigenvalue weighted by molar-refractivity contribution is 7.98. The number of rotatable bonds is 3. The highest BCUT2D eigenvalue weighted by atomic mass is 32.2. The molecular weight excluding hydrogens is 226 g/mol. The number of benzene rings is 2. The third-order valence-corrected chi connectivity index (χ3v) is 3.77. The zero-order valence-corrected chi connectivity index (χ0v) is 10.5. The molecule has 17 heavy (non-hydrogen) atoms. The highest BCUT2D eigenvalue weighted by Gasteiger charge is 2.03. The summed E-state index contributed by atoms with van der Waals surface area (Å²) in [5.41, 5.74) is 3.38. The Balaban J connectivity index is 2.13. The van der Waals surface area contributed by atoms with Crippen LogP contribution in [0.25, 0.3) is 0 Å². The Morgan fingerprint density at radius 3 is 2.53 bits per heavy atom. The van der Waals surface area contributed by atoms with Gasteiger partial charge in [-0.15, -0.1) is 11.8 Å². The molecule has 0 aliphatic rings. The second kappa shape index (κ2) is 5.56. The van der Waals surface area contributed by atoms with E-state index >= 15 is 0 Å². The van der Waals surface area contributed by atoms with Crippen LogP contribution < -0.4 is 0 Å². The molecule has 0 amide bonds. The molecule has 0 atom stereocenters. The predicted molar refractivity (Wildman–Crippen MR) is 71.9 cm³/mol. The standard InChI is InChI=1S/C15H13NS/c1-12-6-2-3-8-14(12)11-17-15-9-5-4-7-13(15)10-16/h2-9H,11H2,1H3. The van der Waals surface area contributed by atoms with Crippen molar-refractivity contribution in [3.8, 4) is 6.07 Å². The van der Waals surface area contributed by atoms with Crippen LogP contribution in [0.15, 0.2) is 53.4 Å². The first-order valence-corrected chi connectivity index (χ1v) is 6.46. The van der Waals surface area contributed by atoms with Gasteiger partial charge in [-0.3, -0.25) is 0 Å². The van der Waals surface area contributed by atoms with Crippen LogP contribution >= 0.6 is 11.8 Å². The average Bonchev–Trinajstić information content (AvgIpc) is 2.38. The minimum Gasteiger partial charge on any atom is -0.192 e. The van der Waals surface area contributed by atoms with E-state index in [1.54, 1.807) is 11.8 Å². The summed E-state index contributed by atoms with van der Waals surface area (Å²) in [6.45, 7) is 2.12. The van der Waals surface area contributed by atoms with E-state index in [-0.39, 0.29) is 0 Å². The Morgan fingerprint density at radius 1 is 1.06 bits per heavy atom. The maximum absolute atomic E-state index is 9.01. The van der Waals surface area contributed by atoms with Gasteiger partial charge < -0.3 is 0 Å². The van der Waals surface area contributed by atoms with Gasteiger partial charge in [0.25, 0.3) is 0 Å². The van der Waals surface area contributed by atoms with Crippen molar-refractivity contribution in [3.63, 3.8) is 0 Å². The number of nitriles is 1. The Hall–Kier alpha value is -1.72. The molecule has 0 saturated heterocycles. The SMILES string of the molecule is Cc1ccccc1CSc1ccccc1C#N. The molecule has 0 radical (unpaired) electrons. The number of aryl methyl sites for hydroxylation is 1. The normalized spacial score (nSPS) is 9.88. The van der Waals surface area contributed by atoms with Crippen LogP contribution in [0, 0.1) is 18.3 Å². The Labute approximate surface area is 106 Å². The van der Waals surface area contributed by atoms with Crippen LogP contribution in [-0.4, -0.2) is 0 Å². The molecule has 0 spiro atoms. The summed E-state index contributed by atoms with van der Waals surface area (Å²) in [6, 6.07) is 18.3. The lowest BCUT2D eigenvalue weighted by Gasteiger charge is -2.06. The lowest BCUT2D eigenvalue weighted by atomic mass is 10.1. The first-order chi connectivity index (χ1) is 8.31. The van der Waals surface area contributed by atoms with Crippen LogP contribution in [0.4, 0.5) is 0 Å². The summed E-state index contributed by atoms with van der Waals surface area (Å²) in [7, 11) is 0. The highest BCUT2D eigenvalue weighted by Crippen LogP contribution is 2.26. The van der Waals surface area contributed by atoms with E-state index in [1.807, 2.05) is 30.3 Å². The molecular formula is C15H13NS. The van der Waals surface area contributed by atoms with Crippen LogP contribution in [-0.2, 0) is 5.75 Å². The van der Waals surface area contributed by atoms with Crippen molar-refractivity contribution in [1.82, 2.24) is 0 Å². The van der Waals surface area contributed by atoms with Crippen LogP contribution in [0.3, 0.4) is 0 Å². The molecule has 0 aliphatic heterocycles. The Bertz CT molecular complexity index is 555. The van der Waals surface area contributed by atoms with Gasteiger partial charge >= 0.3 is 0 Å². The van der Waals surface area contributed by atoms with Crippen molar-refractivity contribution in [2.75, 3.05) is 0 Å². The van der Waals surface area contributed by atoms with Gasteiger partial charge in [-0.2, -0.15) is 5.26 Å². The van der Waals surface area contributed by atoms with Crippen LogP contribution in [0.2, 0.25) is 0 Å². The third kappa shape index (κ3) is 2.89. The second-order valence-electron chi connectivity index (χ2n) is 3.82. The van der Waals surface area contributed by atoms with Crippen molar-refractivity contribution >= 4 is 11.8 Å². The molecule has 2 aromatic carbocycles. The van der Waals surface area contributed by atoms with Crippen molar-refractivity contribution in [1.29, 1.82) is 5.26 Å². The molecule has 0 fully saturated rings. The van der Waals surface area contributed by atoms with Gasteiger partial charge in [0.1, 0.15) is 6.07 Å². The van der Waals surface area contributed by atoms with Gasteiger partial charge in [0.2, 0.25) is 0 Å². The summed E-state index contributed by atoms with van der Waals surface area (Å²) in [5.74, 6) is 0.908. The molecule has 0 aliphatic carbocycles. The second-order valence-corrected chi connectivity index (χ2v) is 4.84. The Kier molecular flexibility index (Phi) is 3.85. The van der Waals surface area contributed by atoms with E-state index in [0.29, 0.717) is 0 Å². The molecule has 2 rings (SSSR count). The Morgan fingerprint density at radius 2 is 1.76 bits per heavy atom. The fourth-order valence-electron chi connectivity index (χ4n) is 1.61. The number of hydrogen-bond acceptors (Lipinski definition) is 2. The monoisotopic (exact) mass is 239 g/mol. The van der Waals surface area contributed by atoms with E-state index in [1.165, 1.54) is 11.1 Å². The predicted octanol–water partition coefficient (Wildman–Crippen LogP) is 4.16. The number of thioether (sulfide) groups is 1. The first kappa shape index (κ1) is 11.8. The molecule has 2 aromatic rings. The molecule has 0 heterocycles. The van der Waals surface area contributed by atoms with Crippen molar-refractivity contribution in [2.45, 2.75) is 17.6 Å². The van der Waals surface area contributed by atoms with Crippen LogP contribution in [0.1, 0.15) is 16.7 Å². The maximum atomic E-state index is 9.01. The van der Waals surface area contributed by atoms with E-state index < -0.39 is 0 Å². The quantitative estimate of drug-likeness (QED) is 0.751. The third-order valence-electron chi connectivity index (χ3n) is 2.65. The summed E-state index contributed by atoms with van der Waals surface area (Å²) < 4.78 is 0. The first-order valence-electron chi connectivity index (χ1n) is 5.47. The van der Waals surface area contributed by atoms with E-state index in [4.69, 9.17) is 5.26 Å². The van der Waals surface area contributed by atoms with Crippen molar-refractivity contribution in [3.05, 3.63) is 65.2 Å². The van der Waals surface area contributed by atoms with E-state index in [0.717, 1.165) is 16.2 Å². The zero-order chi connectivity index (χ0) is 12.1. The fraction of sp³-hybridized carbons (Fsp3) is 0.133. The van der Waals surface area contributed by atoms with Gasteiger partial charge in [-0.1, -0.05) is 36.4 Å². The minimum absolute atomic E-state index is 0.756. The van der Waals surface area contributed by atoms with Gasteiger partial charge in [0.15, 0.2) is 0 Å². The fourth-order valence-corrected chi connectivity index (χ4v) is 2.69. The van der Waals surface area contributed by atoms with E-state index in [2.05, 4.69) is 31.2 Å². The average molecular weight is 239 g/mol. The van der Waals surface area contributed by atoms with Crippen molar-refractivity contribution in [2.24, 2.45) is 0 Å².